The smallest absolute Gasteiger partial charge is 0.244 e. The second-order valence-corrected chi connectivity index (χ2v) is 6.71. The molecule has 1 atom stereocenters. The molecule has 26 heavy (non-hydrogen) atoms. The molecule has 1 fully saturated rings. The monoisotopic (exact) mass is 438 g/mol. The standard InChI is InChI=1S/C17H22N4OS.3ClH/c18-16(14-4-2-1-3-5-14)17(22)21-11-9-20(10-12-21)8-6-15-19-7-13-23-15;;;/h1-5,7,13,16H,6,8-12,18H2;3*1H/t16-;;;/m1.../s1. The van der Waals surface area contributed by atoms with Gasteiger partial charge in [-0.15, -0.1) is 48.6 Å². The van der Waals surface area contributed by atoms with E-state index in [-0.39, 0.29) is 43.1 Å². The topological polar surface area (TPSA) is 62.5 Å². The van der Waals surface area contributed by atoms with Gasteiger partial charge in [0.2, 0.25) is 5.91 Å². The predicted octanol–water partition coefficient (Wildman–Crippen LogP) is 2.80. The van der Waals surface area contributed by atoms with Crippen LogP contribution >= 0.6 is 48.6 Å². The molecule has 3 rings (SSSR count). The van der Waals surface area contributed by atoms with Gasteiger partial charge >= 0.3 is 0 Å². The molecule has 2 aromatic rings. The molecule has 0 radical (unpaired) electrons. The normalized spacial score (nSPS) is 15.2. The van der Waals surface area contributed by atoms with Crippen LogP contribution in [0.15, 0.2) is 41.9 Å². The Bertz CT molecular complexity index is 622. The summed E-state index contributed by atoms with van der Waals surface area (Å²) in [5.74, 6) is 0.0239. The maximum absolute atomic E-state index is 12.5. The van der Waals surface area contributed by atoms with Gasteiger partial charge in [-0.3, -0.25) is 9.69 Å². The third kappa shape index (κ3) is 6.68. The number of carbonyl (C=O) groups is 1. The van der Waals surface area contributed by atoms with Gasteiger partial charge in [-0.1, -0.05) is 30.3 Å². The Kier molecular flexibility index (Phi) is 12.1. The molecule has 0 bridgehead atoms. The zero-order valence-corrected chi connectivity index (χ0v) is 17.6. The van der Waals surface area contributed by atoms with E-state index in [1.807, 2.05) is 46.8 Å². The van der Waals surface area contributed by atoms with Crippen LogP contribution in [0.2, 0.25) is 0 Å². The van der Waals surface area contributed by atoms with Crippen molar-refractivity contribution in [2.75, 3.05) is 32.7 Å². The molecular weight excluding hydrogens is 415 g/mol. The second kappa shape index (κ2) is 12.5. The lowest BCUT2D eigenvalue weighted by Gasteiger charge is -2.35. The largest absolute Gasteiger partial charge is 0.338 e. The van der Waals surface area contributed by atoms with Gasteiger partial charge in [0.15, 0.2) is 0 Å². The number of aromatic nitrogens is 1. The van der Waals surface area contributed by atoms with Crippen molar-refractivity contribution in [3.05, 3.63) is 52.5 Å². The van der Waals surface area contributed by atoms with E-state index < -0.39 is 6.04 Å². The number of nitrogens with zero attached hydrogens (tertiary/aromatic N) is 3. The highest BCUT2D eigenvalue weighted by Crippen LogP contribution is 2.15. The van der Waals surface area contributed by atoms with E-state index in [0.717, 1.165) is 44.7 Å². The molecule has 2 heterocycles. The highest BCUT2D eigenvalue weighted by atomic mass is 35.5. The van der Waals surface area contributed by atoms with Gasteiger partial charge in [0, 0.05) is 50.7 Å². The Morgan fingerprint density at radius 1 is 1.12 bits per heavy atom. The van der Waals surface area contributed by atoms with Crippen molar-refractivity contribution in [1.29, 1.82) is 0 Å². The van der Waals surface area contributed by atoms with Crippen molar-refractivity contribution in [2.24, 2.45) is 5.73 Å². The lowest BCUT2D eigenvalue weighted by molar-refractivity contribution is -0.134. The molecule has 0 aliphatic carbocycles. The minimum Gasteiger partial charge on any atom is -0.338 e. The number of piperazine rings is 1. The van der Waals surface area contributed by atoms with Gasteiger partial charge in [-0.05, 0) is 5.56 Å². The summed E-state index contributed by atoms with van der Waals surface area (Å²) in [4.78, 5) is 21.1. The summed E-state index contributed by atoms with van der Waals surface area (Å²) in [6, 6.07) is 9.03. The first-order valence-electron chi connectivity index (χ1n) is 7.94. The molecule has 1 aromatic heterocycles. The van der Waals surface area contributed by atoms with E-state index in [0.29, 0.717) is 0 Å². The summed E-state index contributed by atoms with van der Waals surface area (Å²) in [6.07, 6.45) is 2.83. The molecule has 0 saturated carbocycles. The average molecular weight is 440 g/mol. The maximum atomic E-state index is 12.5. The first-order valence-corrected chi connectivity index (χ1v) is 8.82. The SMILES string of the molecule is Cl.Cl.Cl.N[C@@H](C(=O)N1CCN(CCc2nccs2)CC1)c1ccccc1. The number of amides is 1. The van der Waals surface area contributed by atoms with Gasteiger partial charge in [-0.2, -0.15) is 0 Å². The van der Waals surface area contributed by atoms with E-state index in [4.69, 9.17) is 5.73 Å². The Labute approximate surface area is 177 Å². The average Bonchev–Trinajstić information content (AvgIpc) is 3.13. The lowest BCUT2D eigenvalue weighted by atomic mass is 10.1. The van der Waals surface area contributed by atoms with Crippen LogP contribution < -0.4 is 5.73 Å². The van der Waals surface area contributed by atoms with E-state index in [1.54, 1.807) is 11.3 Å². The van der Waals surface area contributed by atoms with Crippen LogP contribution in [0.25, 0.3) is 0 Å². The van der Waals surface area contributed by atoms with Gasteiger partial charge < -0.3 is 10.6 Å². The van der Waals surface area contributed by atoms with Crippen molar-refractivity contribution in [1.82, 2.24) is 14.8 Å². The van der Waals surface area contributed by atoms with Crippen LogP contribution in [0.1, 0.15) is 16.6 Å². The molecule has 1 amide bonds. The highest BCUT2D eigenvalue weighted by Gasteiger charge is 2.25. The summed E-state index contributed by atoms with van der Waals surface area (Å²) in [6.45, 7) is 4.30. The van der Waals surface area contributed by atoms with Crippen LogP contribution in [0.5, 0.6) is 0 Å². The minimum atomic E-state index is -0.557. The summed E-state index contributed by atoms with van der Waals surface area (Å²) in [5, 5.41) is 3.19. The number of hydrogen-bond acceptors (Lipinski definition) is 5. The summed E-state index contributed by atoms with van der Waals surface area (Å²) in [5.41, 5.74) is 6.99. The van der Waals surface area contributed by atoms with Crippen molar-refractivity contribution in [3.8, 4) is 0 Å². The quantitative estimate of drug-likeness (QED) is 0.778. The number of rotatable bonds is 5. The van der Waals surface area contributed by atoms with Crippen LogP contribution in [-0.4, -0.2) is 53.4 Å². The fourth-order valence-corrected chi connectivity index (χ4v) is 3.43. The molecule has 1 aliphatic rings. The summed E-state index contributed by atoms with van der Waals surface area (Å²) >= 11 is 1.70. The number of benzene rings is 1. The fourth-order valence-electron chi connectivity index (χ4n) is 2.82. The Morgan fingerprint density at radius 3 is 2.35 bits per heavy atom. The second-order valence-electron chi connectivity index (χ2n) is 5.73. The zero-order valence-electron chi connectivity index (χ0n) is 14.3. The third-order valence-corrected chi connectivity index (χ3v) is 5.07. The molecule has 1 aliphatic heterocycles. The van der Waals surface area contributed by atoms with Crippen LogP contribution in [-0.2, 0) is 11.2 Å². The molecule has 0 unspecified atom stereocenters. The number of thiazole rings is 1. The molecule has 2 N–H and O–H groups in total. The highest BCUT2D eigenvalue weighted by molar-refractivity contribution is 7.09. The van der Waals surface area contributed by atoms with Crippen molar-refractivity contribution >= 4 is 54.5 Å². The molecule has 146 valence electrons. The molecule has 0 spiro atoms. The number of halogens is 3. The predicted molar refractivity (Wildman–Crippen MR) is 114 cm³/mol. The molecule has 1 aromatic carbocycles. The maximum Gasteiger partial charge on any atom is 0.244 e. The third-order valence-electron chi connectivity index (χ3n) is 4.23. The summed E-state index contributed by atoms with van der Waals surface area (Å²) in [7, 11) is 0. The first kappa shape index (κ1) is 25.1. The Balaban J connectivity index is 0.00000208. The lowest BCUT2D eigenvalue weighted by Crippen LogP contribution is -2.51. The van der Waals surface area contributed by atoms with Crippen molar-refractivity contribution in [2.45, 2.75) is 12.5 Å². The van der Waals surface area contributed by atoms with Gasteiger partial charge in [-0.25, -0.2) is 4.98 Å². The van der Waals surface area contributed by atoms with Crippen LogP contribution in [0.3, 0.4) is 0 Å². The Hall–Kier alpha value is -0.890. The number of nitrogens with two attached hydrogens (primary N) is 1. The molecule has 5 nitrogen and oxygen atoms in total. The van der Waals surface area contributed by atoms with Gasteiger partial charge in [0.05, 0.1) is 5.01 Å². The Morgan fingerprint density at radius 2 is 1.77 bits per heavy atom. The van der Waals surface area contributed by atoms with E-state index >= 15 is 0 Å². The zero-order chi connectivity index (χ0) is 16.1. The van der Waals surface area contributed by atoms with Crippen LogP contribution in [0, 0.1) is 0 Å². The number of carbonyl (C=O) groups excluding carboxylic acids is 1. The summed E-state index contributed by atoms with van der Waals surface area (Å²) < 4.78 is 0. The molecule has 9 heteroatoms. The molecular formula is C17H25Cl3N4OS. The van der Waals surface area contributed by atoms with Crippen molar-refractivity contribution < 1.29 is 4.79 Å². The van der Waals surface area contributed by atoms with E-state index in [9.17, 15) is 4.79 Å². The van der Waals surface area contributed by atoms with Gasteiger partial charge in [0.1, 0.15) is 6.04 Å². The van der Waals surface area contributed by atoms with Crippen LogP contribution in [0.4, 0.5) is 0 Å². The van der Waals surface area contributed by atoms with Gasteiger partial charge in [0.25, 0.3) is 0 Å². The molecule has 1 saturated heterocycles. The van der Waals surface area contributed by atoms with Crippen molar-refractivity contribution in [3.63, 3.8) is 0 Å². The first-order chi connectivity index (χ1) is 11.2. The van der Waals surface area contributed by atoms with E-state index in [1.165, 1.54) is 5.01 Å². The fraction of sp³-hybridized carbons (Fsp3) is 0.412. The number of hydrogen-bond donors (Lipinski definition) is 1. The van der Waals surface area contributed by atoms with E-state index in [2.05, 4.69) is 9.88 Å². The minimum absolute atomic E-state index is 0.